The molecule has 0 amide bonds. The molecule has 0 fully saturated rings. The van der Waals surface area contributed by atoms with Crippen LogP contribution in [0, 0.1) is 0 Å². The Labute approximate surface area is 113 Å². The molecular weight excluding hydrogens is 250 g/mol. The molecule has 0 spiro atoms. The van der Waals surface area contributed by atoms with Gasteiger partial charge in [-0.1, -0.05) is 18.2 Å². The molecule has 2 aromatic rings. The molecule has 0 N–H and O–H groups in total. The summed E-state index contributed by atoms with van der Waals surface area (Å²) in [5.41, 5.74) is 2.29. The van der Waals surface area contributed by atoms with E-state index in [2.05, 4.69) is 47.0 Å². The van der Waals surface area contributed by atoms with E-state index < -0.39 is 0 Å². The molecule has 0 saturated heterocycles. The van der Waals surface area contributed by atoms with Crippen LogP contribution in [0.2, 0.25) is 0 Å². The van der Waals surface area contributed by atoms with Crippen molar-refractivity contribution in [3.8, 4) is 0 Å². The SMILES string of the molecule is CN(C)C[C@H]1OCCn2nc3ccccc3c21.Cl. The summed E-state index contributed by atoms with van der Waals surface area (Å²) >= 11 is 0. The van der Waals surface area contributed by atoms with Gasteiger partial charge >= 0.3 is 0 Å². The maximum absolute atomic E-state index is 5.88. The summed E-state index contributed by atoms with van der Waals surface area (Å²) in [6.07, 6.45) is 0.131. The highest BCUT2D eigenvalue weighted by Crippen LogP contribution is 2.29. The van der Waals surface area contributed by atoms with Crippen LogP contribution in [-0.4, -0.2) is 41.9 Å². The van der Waals surface area contributed by atoms with Crippen LogP contribution in [0.15, 0.2) is 24.3 Å². The van der Waals surface area contributed by atoms with E-state index in [9.17, 15) is 0 Å². The number of aromatic nitrogens is 2. The summed E-state index contributed by atoms with van der Waals surface area (Å²) in [6.45, 7) is 2.50. The minimum absolute atomic E-state index is 0. The van der Waals surface area contributed by atoms with Crippen LogP contribution < -0.4 is 0 Å². The zero-order valence-electron chi connectivity index (χ0n) is 10.7. The zero-order chi connectivity index (χ0) is 11.8. The number of likely N-dealkylation sites (N-methyl/N-ethyl adjacent to an activating group) is 1. The number of rotatable bonds is 2. The predicted molar refractivity (Wildman–Crippen MR) is 74.2 cm³/mol. The second-order valence-corrected chi connectivity index (χ2v) is 4.75. The highest BCUT2D eigenvalue weighted by atomic mass is 35.5. The summed E-state index contributed by atoms with van der Waals surface area (Å²) in [4.78, 5) is 2.15. The second kappa shape index (κ2) is 5.26. The molecule has 3 rings (SSSR count). The van der Waals surface area contributed by atoms with Gasteiger partial charge in [0.15, 0.2) is 0 Å². The molecule has 0 aliphatic carbocycles. The summed E-state index contributed by atoms with van der Waals surface area (Å²) in [7, 11) is 4.14. The number of fused-ring (bicyclic) bond motifs is 3. The lowest BCUT2D eigenvalue weighted by Gasteiger charge is -2.27. The highest BCUT2D eigenvalue weighted by molar-refractivity contribution is 5.85. The maximum Gasteiger partial charge on any atom is 0.112 e. The number of nitrogens with zero attached hydrogens (tertiary/aromatic N) is 3. The van der Waals surface area contributed by atoms with Gasteiger partial charge in [-0.25, -0.2) is 0 Å². The lowest BCUT2D eigenvalue weighted by Crippen LogP contribution is -2.29. The lowest BCUT2D eigenvalue weighted by atomic mass is 10.1. The van der Waals surface area contributed by atoms with Gasteiger partial charge in [0.05, 0.1) is 24.4 Å². The molecule has 18 heavy (non-hydrogen) atoms. The van der Waals surface area contributed by atoms with Gasteiger partial charge in [-0.15, -0.1) is 12.4 Å². The Bertz CT molecular complexity index is 538. The first-order chi connectivity index (χ1) is 8.25. The molecule has 0 bridgehead atoms. The average molecular weight is 268 g/mol. The standard InChI is InChI=1S/C13H17N3O.ClH/c1-15(2)9-12-13-10-5-3-4-6-11(10)14-16(13)7-8-17-12;/h3-6,12H,7-9H2,1-2H3;1H/t12-;/m1./s1. The van der Waals surface area contributed by atoms with Crippen molar-refractivity contribution < 1.29 is 4.74 Å². The van der Waals surface area contributed by atoms with Gasteiger partial charge in [-0.05, 0) is 20.2 Å². The van der Waals surface area contributed by atoms with Crippen LogP contribution in [-0.2, 0) is 11.3 Å². The largest absolute Gasteiger partial charge is 0.369 e. The van der Waals surface area contributed by atoms with Crippen LogP contribution in [0.4, 0.5) is 0 Å². The van der Waals surface area contributed by atoms with Gasteiger partial charge in [0.25, 0.3) is 0 Å². The van der Waals surface area contributed by atoms with Crippen LogP contribution in [0.3, 0.4) is 0 Å². The fraction of sp³-hybridized carbons (Fsp3) is 0.462. The van der Waals surface area contributed by atoms with Crippen molar-refractivity contribution in [2.45, 2.75) is 12.6 Å². The summed E-state index contributed by atoms with van der Waals surface area (Å²) in [5.74, 6) is 0. The number of ether oxygens (including phenoxy) is 1. The second-order valence-electron chi connectivity index (χ2n) is 4.75. The molecule has 1 aromatic heterocycles. The number of hydrogen-bond acceptors (Lipinski definition) is 3. The molecule has 1 aliphatic rings. The van der Waals surface area contributed by atoms with Gasteiger partial charge < -0.3 is 9.64 Å². The molecule has 0 unspecified atom stereocenters. The molecular formula is C13H18ClN3O. The monoisotopic (exact) mass is 267 g/mol. The van der Waals surface area contributed by atoms with E-state index in [4.69, 9.17) is 4.74 Å². The minimum Gasteiger partial charge on any atom is -0.369 e. The van der Waals surface area contributed by atoms with Crippen LogP contribution in [0.25, 0.3) is 10.9 Å². The predicted octanol–water partition coefficient (Wildman–Crippen LogP) is 2.09. The number of hydrogen-bond donors (Lipinski definition) is 0. The third kappa shape index (κ3) is 2.23. The molecule has 0 saturated carbocycles. The quantitative estimate of drug-likeness (QED) is 0.835. The van der Waals surface area contributed by atoms with Crippen molar-refractivity contribution in [3.63, 3.8) is 0 Å². The Balaban J connectivity index is 0.00000120. The first-order valence-corrected chi connectivity index (χ1v) is 5.97. The third-order valence-corrected chi connectivity index (χ3v) is 3.14. The van der Waals surface area contributed by atoms with Crippen molar-refractivity contribution >= 4 is 23.3 Å². The van der Waals surface area contributed by atoms with E-state index in [1.54, 1.807) is 0 Å². The van der Waals surface area contributed by atoms with Crippen molar-refractivity contribution in [2.75, 3.05) is 27.2 Å². The molecule has 2 heterocycles. The first kappa shape index (κ1) is 13.3. The number of halogens is 1. The fourth-order valence-electron chi connectivity index (χ4n) is 2.44. The topological polar surface area (TPSA) is 30.3 Å². The molecule has 4 nitrogen and oxygen atoms in total. The Morgan fingerprint density at radius 1 is 1.39 bits per heavy atom. The van der Waals surface area contributed by atoms with Gasteiger partial charge in [-0.2, -0.15) is 5.10 Å². The van der Waals surface area contributed by atoms with E-state index in [0.29, 0.717) is 0 Å². The first-order valence-electron chi connectivity index (χ1n) is 5.97. The van der Waals surface area contributed by atoms with Gasteiger partial charge in [0, 0.05) is 11.9 Å². The third-order valence-electron chi connectivity index (χ3n) is 3.14. The summed E-state index contributed by atoms with van der Waals surface area (Å²) in [5, 5.41) is 5.85. The van der Waals surface area contributed by atoms with Crippen molar-refractivity contribution in [3.05, 3.63) is 30.0 Å². The Kier molecular flexibility index (Phi) is 3.90. The zero-order valence-corrected chi connectivity index (χ0v) is 11.5. The molecule has 1 aliphatic heterocycles. The molecule has 5 heteroatoms. The van der Waals surface area contributed by atoms with Crippen LogP contribution in [0.1, 0.15) is 11.8 Å². The molecule has 98 valence electrons. The lowest BCUT2D eigenvalue weighted by molar-refractivity contribution is 0.00345. The normalized spacial score (nSPS) is 18.7. The summed E-state index contributed by atoms with van der Waals surface area (Å²) in [6, 6.07) is 8.29. The highest BCUT2D eigenvalue weighted by Gasteiger charge is 2.25. The van der Waals surface area contributed by atoms with Gasteiger partial charge in [0.2, 0.25) is 0 Å². The minimum atomic E-state index is 0. The fourth-order valence-corrected chi connectivity index (χ4v) is 2.44. The van der Waals surface area contributed by atoms with Crippen molar-refractivity contribution in [1.82, 2.24) is 14.7 Å². The van der Waals surface area contributed by atoms with Crippen molar-refractivity contribution in [2.24, 2.45) is 0 Å². The van der Waals surface area contributed by atoms with E-state index in [0.717, 1.165) is 25.2 Å². The van der Waals surface area contributed by atoms with E-state index >= 15 is 0 Å². The van der Waals surface area contributed by atoms with E-state index in [1.165, 1.54) is 11.1 Å². The Morgan fingerprint density at radius 2 is 2.17 bits per heavy atom. The number of benzene rings is 1. The Hall–Kier alpha value is -1.10. The van der Waals surface area contributed by atoms with Crippen LogP contribution in [0.5, 0.6) is 0 Å². The smallest absolute Gasteiger partial charge is 0.112 e. The van der Waals surface area contributed by atoms with Gasteiger partial charge in [-0.3, -0.25) is 4.68 Å². The van der Waals surface area contributed by atoms with Gasteiger partial charge in [0.1, 0.15) is 6.10 Å². The van der Waals surface area contributed by atoms with Crippen molar-refractivity contribution in [1.29, 1.82) is 0 Å². The summed E-state index contributed by atoms with van der Waals surface area (Å²) < 4.78 is 7.98. The van der Waals surface area contributed by atoms with E-state index in [1.807, 2.05) is 6.07 Å². The maximum atomic E-state index is 5.88. The average Bonchev–Trinajstić information content (AvgIpc) is 2.67. The van der Waals surface area contributed by atoms with Crippen LogP contribution >= 0.6 is 12.4 Å². The van der Waals surface area contributed by atoms with E-state index in [-0.39, 0.29) is 18.5 Å². The molecule has 0 radical (unpaired) electrons. The molecule has 1 atom stereocenters. The Morgan fingerprint density at radius 3 is 2.94 bits per heavy atom. The molecule has 1 aromatic carbocycles.